The zero-order valence-electron chi connectivity index (χ0n) is 14.3. The number of piperazine rings is 1. The van der Waals surface area contributed by atoms with Crippen LogP contribution in [-0.4, -0.2) is 53.6 Å². The van der Waals surface area contributed by atoms with Crippen molar-refractivity contribution in [3.05, 3.63) is 60.2 Å². The van der Waals surface area contributed by atoms with Crippen LogP contribution in [0.1, 0.15) is 12.0 Å². The maximum atomic E-state index is 12.3. The van der Waals surface area contributed by atoms with Crippen molar-refractivity contribution in [2.24, 2.45) is 0 Å². The Morgan fingerprint density at radius 2 is 1.64 bits per heavy atom. The van der Waals surface area contributed by atoms with Crippen LogP contribution in [0.3, 0.4) is 0 Å². The summed E-state index contributed by atoms with van der Waals surface area (Å²) < 4.78 is 5.55. The van der Waals surface area contributed by atoms with E-state index in [-0.39, 0.29) is 11.7 Å². The third kappa shape index (κ3) is 5.22. The van der Waals surface area contributed by atoms with E-state index in [1.807, 2.05) is 11.0 Å². The van der Waals surface area contributed by atoms with Crippen molar-refractivity contribution in [1.82, 2.24) is 9.80 Å². The molecule has 0 aliphatic carbocycles. The summed E-state index contributed by atoms with van der Waals surface area (Å²) in [5, 5.41) is 9.23. The van der Waals surface area contributed by atoms with Crippen LogP contribution in [0.2, 0.25) is 0 Å². The van der Waals surface area contributed by atoms with Gasteiger partial charge in [-0.15, -0.1) is 0 Å². The largest absolute Gasteiger partial charge is 0.508 e. The van der Waals surface area contributed by atoms with Crippen LogP contribution in [-0.2, 0) is 11.3 Å². The number of carbonyl (C=O) groups is 1. The molecule has 1 N–H and O–H groups in total. The number of benzene rings is 2. The number of hydrogen-bond acceptors (Lipinski definition) is 4. The molecule has 1 saturated heterocycles. The number of rotatable bonds is 6. The fourth-order valence-electron chi connectivity index (χ4n) is 2.95. The molecule has 0 unspecified atom stereocenters. The molecule has 132 valence electrons. The van der Waals surface area contributed by atoms with Crippen LogP contribution in [0.25, 0.3) is 0 Å². The monoisotopic (exact) mass is 340 g/mol. The Hall–Kier alpha value is -2.53. The lowest BCUT2D eigenvalue weighted by Gasteiger charge is -2.34. The van der Waals surface area contributed by atoms with E-state index >= 15 is 0 Å². The standard InChI is InChI=1S/C20H24N2O3/c23-18-6-8-19(9-7-18)25-15-10-20(24)22-13-11-21(12-14-22)16-17-4-2-1-3-5-17/h1-9,23H,10-16H2. The molecule has 1 amide bonds. The second kappa shape index (κ2) is 8.53. The van der Waals surface area contributed by atoms with Gasteiger partial charge < -0.3 is 14.7 Å². The predicted octanol–water partition coefficient (Wildman–Crippen LogP) is 2.51. The van der Waals surface area contributed by atoms with Gasteiger partial charge in [-0.3, -0.25) is 9.69 Å². The Kier molecular flexibility index (Phi) is 5.90. The number of phenols is 1. The lowest BCUT2D eigenvalue weighted by Crippen LogP contribution is -2.48. The summed E-state index contributed by atoms with van der Waals surface area (Å²) >= 11 is 0. The van der Waals surface area contributed by atoms with E-state index in [2.05, 4.69) is 29.2 Å². The molecule has 5 heteroatoms. The van der Waals surface area contributed by atoms with Gasteiger partial charge in [-0.25, -0.2) is 0 Å². The highest BCUT2D eigenvalue weighted by Crippen LogP contribution is 2.16. The first-order chi connectivity index (χ1) is 12.2. The van der Waals surface area contributed by atoms with E-state index in [4.69, 9.17) is 4.74 Å². The van der Waals surface area contributed by atoms with Crippen molar-refractivity contribution in [2.45, 2.75) is 13.0 Å². The zero-order valence-corrected chi connectivity index (χ0v) is 14.3. The van der Waals surface area contributed by atoms with E-state index in [0.29, 0.717) is 18.8 Å². The number of aromatic hydroxyl groups is 1. The first kappa shape index (κ1) is 17.3. The second-order valence-corrected chi connectivity index (χ2v) is 6.23. The van der Waals surface area contributed by atoms with E-state index in [1.54, 1.807) is 24.3 Å². The summed E-state index contributed by atoms with van der Waals surface area (Å²) in [5.74, 6) is 1.01. The van der Waals surface area contributed by atoms with Gasteiger partial charge in [0.1, 0.15) is 11.5 Å². The van der Waals surface area contributed by atoms with Gasteiger partial charge in [-0.05, 0) is 29.8 Å². The molecule has 5 nitrogen and oxygen atoms in total. The molecular formula is C20H24N2O3. The summed E-state index contributed by atoms with van der Waals surface area (Å²) in [7, 11) is 0. The number of amides is 1. The molecule has 2 aromatic rings. The van der Waals surface area contributed by atoms with Crippen molar-refractivity contribution in [1.29, 1.82) is 0 Å². The predicted molar refractivity (Wildman–Crippen MR) is 96.5 cm³/mol. The molecule has 1 heterocycles. The normalized spacial score (nSPS) is 15.1. The summed E-state index contributed by atoms with van der Waals surface area (Å²) in [6, 6.07) is 17.0. The maximum Gasteiger partial charge on any atom is 0.226 e. The fourth-order valence-corrected chi connectivity index (χ4v) is 2.95. The van der Waals surface area contributed by atoms with Crippen LogP contribution < -0.4 is 4.74 Å². The molecule has 3 rings (SSSR count). The number of carbonyl (C=O) groups excluding carboxylic acids is 1. The Morgan fingerprint density at radius 1 is 0.960 bits per heavy atom. The molecule has 0 saturated carbocycles. The topological polar surface area (TPSA) is 53.0 Å². The summed E-state index contributed by atoms with van der Waals surface area (Å²) in [6.45, 7) is 4.63. The van der Waals surface area contributed by atoms with Crippen molar-refractivity contribution >= 4 is 5.91 Å². The second-order valence-electron chi connectivity index (χ2n) is 6.23. The van der Waals surface area contributed by atoms with Crippen LogP contribution in [0.5, 0.6) is 11.5 Å². The highest BCUT2D eigenvalue weighted by molar-refractivity contribution is 5.76. The zero-order chi connectivity index (χ0) is 17.5. The molecule has 1 aliphatic rings. The van der Waals surface area contributed by atoms with Gasteiger partial charge in [0.05, 0.1) is 13.0 Å². The van der Waals surface area contributed by atoms with Crippen molar-refractivity contribution in [2.75, 3.05) is 32.8 Å². The van der Waals surface area contributed by atoms with E-state index in [9.17, 15) is 9.90 Å². The van der Waals surface area contributed by atoms with Gasteiger partial charge in [0.25, 0.3) is 0 Å². The molecule has 2 aromatic carbocycles. The van der Waals surface area contributed by atoms with Crippen molar-refractivity contribution in [3.8, 4) is 11.5 Å². The van der Waals surface area contributed by atoms with Crippen LogP contribution >= 0.6 is 0 Å². The van der Waals surface area contributed by atoms with Crippen LogP contribution in [0.4, 0.5) is 0 Å². The highest BCUT2D eigenvalue weighted by Gasteiger charge is 2.20. The number of nitrogens with zero attached hydrogens (tertiary/aromatic N) is 2. The van der Waals surface area contributed by atoms with Gasteiger partial charge in [0.2, 0.25) is 5.91 Å². The van der Waals surface area contributed by atoms with E-state index in [0.717, 1.165) is 32.7 Å². The Bertz CT molecular complexity index is 665. The number of phenolic OH excluding ortho intramolecular Hbond substituents is 1. The Morgan fingerprint density at radius 3 is 2.32 bits per heavy atom. The smallest absolute Gasteiger partial charge is 0.226 e. The van der Waals surface area contributed by atoms with Gasteiger partial charge in [0.15, 0.2) is 0 Å². The van der Waals surface area contributed by atoms with Gasteiger partial charge in [0, 0.05) is 32.7 Å². The average Bonchev–Trinajstić information content (AvgIpc) is 2.65. The molecule has 0 radical (unpaired) electrons. The van der Waals surface area contributed by atoms with Gasteiger partial charge in [-0.1, -0.05) is 30.3 Å². The summed E-state index contributed by atoms with van der Waals surface area (Å²) in [6.07, 6.45) is 0.375. The molecular weight excluding hydrogens is 316 g/mol. The van der Waals surface area contributed by atoms with E-state index < -0.39 is 0 Å². The van der Waals surface area contributed by atoms with Gasteiger partial charge >= 0.3 is 0 Å². The maximum absolute atomic E-state index is 12.3. The lowest BCUT2D eigenvalue weighted by atomic mass is 10.2. The molecule has 1 aliphatic heterocycles. The molecule has 0 atom stereocenters. The highest BCUT2D eigenvalue weighted by atomic mass is 16.5. The summed E-state index contributed by atoms with van der Waals surface area (Å²) in [4.78, 5) is 16.6. The molecule has 0 bridgehead atoms. The van der Waals surface area contributed by atoms with Crippen molar-refractivity contribution < 1.29 is 14.6 Å². The first-order valence-corrected chi connectivity index (χ1v) is 8.66. The van der Waals surface area contributed by atoms with Crippen molar-refractivity contribution in [3.63, 3.8) is 0 Å². The third-order valence-corrected chi connectivity index (χ3v) is 4.40. The molecule has 25 heavy (non-hydrogen) atoms. The molecule has 0 spiro atoms. The quantitative estimate of drug-likeness (QED) is 0.878. The number of ether oxygens (including phenoxy) is 1. The van der Waals surface area contributed by atoms with Crippen LogP contribution in [0, 0.1) is 0 Å². The number of hydrogen-bond donors (Lipinski definition) is 1. The SMILES string of the molecule is O=C(CCOc1ccc(O)cc1)N1CCN(Cc2ccccc2)CC1. The van der Waals surface area contributed by atoms with Crippen LogP contribution in [0.15, 0.2) is 54.6 Å². The Labute approximate surface area is 148 Å². The Balaban J connectivity index is 1.37. The lowest BCUT2D eigenvalue weighted by molar-refractivity contribution is -0.133. The average molecular weight is 340 g/mol. The fraction of sp³-hybridized carbons (Fsp3) is 0.350. The minimum atomic E-state index is 0.137. The molecule has 0 aromatic heterocycles. The van der Waals surface area contributed by atoms with E-state index in [1.165, 1.54) is 5.56 Å². The molecule has 1 fully saturated rings. The van der Waals surface area contributed by atoms with Gasteiger partial charge in [-0.2, -0.15) is 0 Å². The minimum Gasteiger partial charge on any atom is -0.508 e. The minimum absolute atomic E-state index is 0.137. The first-order valence-electron chi connectivity index (χ1n) is 8.66. The third-order valence-electron chi connectivity index (χ3n) is 4.40. The summed E-state index contributed by atoms with van der Waals surface area (Å²) in [5.41, 5.74) is 1.31.